The highest BCUT2D eigenvalue weighted by molar-refractivity contribution is 5.80. The van der Waals surface area contributed by atoms with Crippen molar-refractivity contribution in [2.75, 3.05) is 32.7 Å². The van der Waals surface area contributed by atoms with E-state index in [0.717, 1.165) is 30.6 Å². The minimum absolute atomic E-state index is 0.164. The molecule has 2 N–H and O–H groups in total. The van der Waals surface area contributed by atoms with Gasteiger partial charge in [-0.05, 0) is 30.0 Å². The quantitative estimate of drug-likeness (QED) is 0.726. The molecule has 30 heavy (non-hydrogen) atoms. The first-order valence-corrected chi connectivity index (χ1v) is 10.6. The molecule has 1 aliphatic rings. The van der Waals surface area contributed by atoms with Crippen molar-refractivity contribution in [1.82, 2.24) is 9.80 Å². The van der Waals surface area contributed by atoms with Gasteiger partial charge in [0, 0.05) is 44.7 Å². The molecule has 0 aliphatic carbocycles. The van der Waals surface area contributed by atoms with Crippen LogP contribution in [-0.4, -0.2) is 54.3 Å². The van der Waals surface area contributed by atoms with Gasteiger partial charge in [-0.1, -0.05) is 49.4 Å². The van der Waals surface area contributed by atoms with E-state index >= 15 is 0 Å². The van der Waals surface area contributed by atoms with Crippen LogP contribution in [0.1, 0.15) is 25.3 Å². The van der Waals surface area contributed by atoms with E-state index in [1.807, 2.05) is 35.2 Å². The van der Waals surface area contributed by atoms with E-state index in [9.17, 15) is 14.0 Å². The van der Waals surface area contributed by atoms with Crippen LogP contribution in [0, 0.1) is 11.7 Å². The van der Waals surface area contributed by atoms with Gasteiger partial charge in [-0.15, -0.1) is 0 Å². The Morgan fingerprint density at radius 3 is 2.50 bits per heavy atom. The normalized spacial score (nSPS) is 17.7. The number of benzene rings is 2. The van der Waals surface area contributed by atoms with Crippen molar-refractivity contribution in [3.05, 3.63) is 59.9 Å². The zero-order valence-corrected chi connectivity index (χ0v) is 17.5. The highest BCUT2D eigenvalue weighted by Gasteiger charge is 2.30. The van der Waals surface area contributed by atoms with Crippen LogP contribution >= 0.6 is 0 Å². The molecule has 2 aromatic carbocycles. The lowest BCUT2D eigenvalue weighted by molar-refractivity contribution is -0.134. The predicted octanol–water partition coefficient (Wildman–Crippen LogP) is 3.08. The maximum atomic E-state index is 14.0. The number of halogens is 1. The summed E-state index contributed by atoms with van der Waals surface area (Å²) in [4.78, 5) is 28.4. The molecule has 5 nitrogen and oxygen atoms in total. The van der Waals surface area contributed by atoms with Crippen molar-refractivity contribution in [1.29, 1.82) is 0 Å². The summed E-state index contributed by atoms with van der Waals surface area (Å²) in [7, 11) is 0. The number of rotatable bonds is 8. The molecular formula is C24H30FN3O2. The molecule has 6 heteroatoms. The number of carbonyl (C=O) groups excluding carboxylic acids is 2. The van der Waals surface area contributed by atoms with Crippen LogP contribution in [0.3, 0.4) is 0 Å². The molecule has 1 unspecified atom stereocenters. The Labute approximate surface area is 177 Å². The Kier molecular flexibility index (Phi) is 7.57. The van der Waals surface area contributed by atoms with Gasteiger partial charge in [0.1, 0.15) is 5.82 Å². The van der Waals surface area contributed by atoms with Gasteiger partial charge in [-0.3, -0.25) is 9.59 Å². The Balaban J connectivity index is 1.74. The zero-order valence-electron chi connectivity index (χ0n) is 17.5. The number of primary amides is 1. The summed E-state index contributed by atoms with van der Waals surface area (Å²) < 4.78 is 14.0. The van der Waals surface area contributed by atoms with Gasteiger partial charge in [-0.2, -0.15) is 0 Å². The number of hydrogen-bond donors (Lipinski definition) is 1. The van der Waals surface area contributed by atoms with E-state index in [4.69, 9.17) is 5.73 Å². The van der Waals surface area contributed by atoms with E-state index in [1.165, 1.54) is 6.07 Å². The molecule has 0 aromatic heterocycles. The summed E-state index contributed by atoms with van der Waals surface area (Å²) in [6.45, 7) is 5.42. The molecule has 0 spiro atoms. The molecule has 0 saturated carbocycles. The number of nitrogens with two attached hydrogens (primary N) is 1. The van der Waals surface area contributed by atoms with Crippen LogP contribution in [0.15, 0.2) is 48.5 Å². The minimum Gasteiger partial charge on any atom is -0.370 e. The summed E-state index contributed by atoms with van der Waals surface area (Å²) >= 11 is 0. The minimum atomic E-state index is -0.323. The van der Waals surface area contributed by atoms with Crippen molar-refractivity contribution in [3.63, 3.8) is 0 Å². The third-order valence-electron chi connectivity index (χ3n) is 5.61. The van der Waals surface area contributed by atoms with Crippen LogP contribution < -0.4 is 5.73 Å². The van der Waals surface area contributed by atoms with E-state index in [0.29, 0.717) is 38.0 Å². The molecule has 160 valence electrons. The summed E-state index contributed by atoms with van der Waals surface area (Å²) in [6, 6.07) is 14.5. The Hall–Kier alpha value is -2.73. The fraction of sp³-hybridized carbons (Fsp3) is 0.417. The second kappa shape index (κ2) is 10.3. The monoisotopic (exact) mass is 411 g/mol. The molecule has 1 saturated heterocycles. The maximum Gasteiger partial charge on any atom is 0.227 e. The van der Waals surface area contributed by atoms with Gasteiger partial charge in [0.25, 0.3) is 0 Å². The SMILES string of the molecule is CCCN1CCN(CCC(N)=O)CC(Cc2ccc(-c3ccccc3F)cc2)C1=O. The summed E-state index contributed by atoms with van der Waals surface area (Å²) in [5.74, 6) is -0.580. The predicted molar refractivity (Wildman–Crippen MR) is 116 cm³/mol. The van der Waals surface area contributed by atoms with Crippen molar-refractivity contribution in [2.45, 2.75) is 26.2 Å². The first kappa shape index (κ1) is 22.0. The van der Waals surface area contributed by atoms with E-state index in [2.05, 4.69) is 11.8 Å². The average molecular weight is 412 g/mol. The van der Waals surface area contributed by atoms with Crippen LogP contribution in [0.2, 0.25) is 0 Å². The molecule has 2 amide bonds. The summed E-state index contributed by atoms with van der Waals surface area (Å²) in [5, 5.41) is 0. The van der Waals surface area contributed by atoms with Crippen molar-refractivity contribution in [3.8, 4) is 11.1 Å². The second-order valence-corrected chi connectivity index (χ2v) is 7.92. The van der Waals surface area contributed by atoms with E-state index in [-0.39, 0.29) is 23.5 Å². The molecule has 1 fully saturated rings. The smallest absolute Gasteiger partial charge is 0.227 e. The first-order valence-electron chi connectivity index (χ1n) is 10.6. The van der Waals surface area contributed by atoms with Crippen LogP contribution in [0.25, 0.3) is 11.1 Å². The number of hydrogen-bond acceptors (Lipinski definition) is 3. The average Bonchev–Trinajstić information content (AvgIpc) is 2.88. The highest BCUT2D eigenvalue weighted by atomic mass is 19.1. The van der Waals surface area contributed by atoms with Crippen LogP contribution in [0.5, 0.6) is 0 Å². The molecule has 1 atom stereocenters. The van der Waals surface area contributed by atoms with E-state index in [1.54, 1.807) is 12.1 Å². The third kappa shape index (κ3) is 5.66. The molecular weight excluding hydrogens is 381 g/mol. The van der Waals surface area contributed by atoms with Gasteiger partial charge in [0.05, 0.1) is 5.92 Å². The highest BCUT2D eigenvalue weighted by Crippen LogP contribution is 2.24. The van der Waals surface area contributed by atoms with Crippen LogP contribution in [0.4, 0.5) is 4.39 Å². The Bertz CT molecular complexity index is 869. The van der Waals surface area contributed by atoms with Crippen molar-refractivity contribution in [2.24, 2.45) is 11.7 Å². The molecule has 3 rings (SSSR count). The van der Waals surface area contributed by atoms with Gasteiger partial charge < -0.3 is 15.5 Å². The third-order valence-corrected chi connectivity index (χ3v) is 5.61. The Morgan fingerprint density at radius 1 is 1.10 bits per heavy atom. The lowest BCUT2D eigenvalue weighted by atomic mass is 9.95. The topological polar surface area (TPSA) is 66.6 Å². The second-order valence-electron chi connectivity index (χ2n) is 7.92. The fourth-order valence-corrected chi connectivity index (χ4v) is 4.03. The first-order chi connectivity index (χ1) is 14.5. The standard InChI is InChI=1S/C24H30FN3O2/c1-2-12-28-15-14-27(13-11-23(26)29)17-20(24(28)30)16-18-7-9-19(10-8-18)21-5-3-4-6-22(21)25/h3-10,20H,2,11-17H2,1H3,(H2,26,29). The van der Waals surface area contributed by atoms with Crippen molar-refractivity contribution < 1.29 is 14.0 Å². The largest absolute Gasteiger partial charge is 0.370 e. The summed E-state index contributed by atoms with van der Waals surface area (Å²) in [6.07, 6.45) is 1.83. The lowest BCUT2D eigenvalue weighted by Crippen LogP contribution is -2.37. The zero-order chi connectivity index (χ0) is 21.5. The van der Waals surface area contributed by atoms with Gasteiger partial charge in [0.2, 0.25) is 11.8 Å². The van der Waals surface area contributed by atoms with Crippen molar-refractivity contribution >= 4 is 11.8 Å². The van der Waals surface area contributed by atoms with Crippen LogP contribution in [-0.2, 0) is 16.0 Å². The number of amides is 2. The Morgan fingerprint density at radius 2 is 1.83 bits per heavy atom. The van der Waals surface area contributed by atoms with Gasteiger partial charge >= 0.3 is 0 Å². The summed E-state index contributed by atoms with van der Waals surface area (Å²) in [5.41, 5.74) is 7.75. The van der Waals surface area contributed by atoms with Gasteiger partial charge in [0.15, 0.2) is 0 Å². The fourth-order valence-electron chi connectivity index (χ4n) is 4.03. The molecule has 1 aliphatic heterocycles. The lowest BCUT2D eigenvalue weighted by Gasteiger charge is -2.24. The number of carbonyl (C=O) groups is 2. The molecule has 0 radical (unpaired) electrons. The van der Waals surface area contributed by atoms with E-state index < -0.39 is 0 Å². The maximum absolute atomic E-state index is 14.0. The van der Waals surface area contributed by atoms with Gasteiger partial charge in [-0.25, -0.2) is 4.39 Å². The number of nitrogens with zero attached hydrogens (tertiary/aromatic N) is 2. The molecule has 1 heterocycles. The molecule has 2 aromatic rings. The molecule has 0 bridgehead atoms.